The second kappa shape index (κ2) is 8.84. The summed E-state index contributed by atoms with van der Waals surface area (Å²) < 4.78 is 16.3. The summed E-state index contributed by atoms with van der Waals surface area (Å²) in [5.74, 6) is -1.97. The third-order valence-electron chi connectivity index (χ3n) is 3.16. The van der Waals surface area contributed by atoms with E-state index >= 15 is 0 Å². The molecular formula is C15H25NO8. The lowest BCUT2D eigenvalue weighted by molar-refractivity contribution is -0.141. The maximum absolute atomic E-state index is 12.1. The molecule has 0 radical (unpaired) electrons. The number of carbonyl (C=O) groups excluding carboxylic acids is 1. The molecule has 2 atom stereocenters. The molecule has 1 aliphatic rings. The van der Waals surface area contributed by atoms with Crippen molar-refractivity contribution in [3.05, 3.63) is 0 Å². The Bertz CT molecular complexity index is 431. The van der Waals surface area contributed by atoms with Gasteiger partial charge in [0.15, 0.2) is 0 Å². The van der Waals surface area contributed by atoms with Crippen molar-refractivity contribution in [3.8, 4) is 0 Å². The number of aliphatic carboxylic acids is 2. The highest BCUT2D eigenvalue weighted by Gasteiger charge is 2.38. The highest BCUT2D eigenvalue weighted by atomic mass is 16.6. The Balaban J connectivity index is 2.60. The molecule has 1 fully saturated rings. The van der Waals surface area contributed by atoms with E-state index in [0.29, 0.717) is 0 Å². The summed E-state index contributed by atoms with van der Waals surface area (Å²) in [7, 11) is 0. The van der Waals surface area contributed by atoms with Crippen LogP contribution in [0, 0.1) is 0 Å². The Morgan fingerprint density at radius 3 is 1.71 bits per heavy atom. The van der Waals surface area contributed by atoms with Crippen LogP contribution in [-0.4, -0.2) is 77.3 Å². The lowest BCUT2D eigenvalue weighted by Gasteiger charge is -2.24. The predicted octanol–water partition coefficient (Wildman–Crippen LogP) is 0.957. The molecule has 2 N–H and O–H groups in total. The summed E-state index contributed by atoms with van der Waals surface area (Å²) >= 11 is 0. The van der Waals surface area contributed by atoms with Crippen molar-refractivity contribution in [1.82, 2.24) is 4.90 Å². The zero-order valence-corrected chi connectivity index (χ0v) is 14.2. The molecule has 1 aliphatic heterocycles. The fraction of sp³-hybridized carbons (Fsp3) is 0.800. The van der Waals surface area contributed by atoms with E-state index in [1.54, 1.807) is 20.8 Å². The quantitative estimate of drug-likeness (QED) is 0.665. The monoisotopic (exact) mass is 347 g/mol. The normalized spacial score (nSPS) is 20.9. The van der Waals surface area contributed by atoms with E-state index < -0.39 is 35.8 Å². The number of amides is 1. The highest BCUT2D eigenvalue weighted by Crippen LogP contribution is 2.20. The molecule has 0 bridgehead atoms. The first-order valence-electron chi connectivity index (χ1n) is 7.73. The largest absolute Gasteiger partial charge is 0.481 e. The zero-order valence-electron chi connectivity index (χ0n) is 14.2. The summed E-state index contributed by atoms with van der Waals surface area (Å²) in [5, 5.41) is 17.3. The third-order valence-corrected chi connectivity index (χ3v) is 3.16. The molecule has 0 aromatic rings. The van der Waals surface area contributed by atoms with Gasteiger partial charge in [-0.2, -0.15) is 0 Å². The van der Waals surface area contributed by atoms with Gasteiger partial charge in [0.05, 0.1) is 39.1 Å². The number of carboxylic acid groups (broad SMARTS) is 2. The molecule has 9 nitrogen and oxygen atoms in total. The molecule has 1 saturated heterocycles. The van der Waals surface area contributed by atoms with Crippen molar-refractivity contribution in [3.63, 3.8) is 0 Å². The first-order valence-corrected chi connectivity index (χ1v) is 7.73. The Hall–Kier alpha value is -1.87. The molecule has 0 aliphatic carbocycles. The van der Waals surface area contributed by atoms with Crippen molar-refractivity contribution >= 4 is 18.0 Å². The average molecular weight is 347 g/mol. The van der Waals surface area contributed by atoms with Crippen LogP contribution in [0.3, 0.4) is 0 Å². The number of carbonyl (C=O) groups is 3. The van der Waals surface area contributed by atoms with Gasteiger partial charge in [-0.3, -0.25) is 9.59 Å². The lowest BCUT2D eigenvalue weighted by atomic mass is 10.2. The minimum Gasteiger partial charge on any atom is -0.481 e. The van der Waals surface area contributed by atoms with Crippen LogP contribution in [-0.2, 0) is 23.8 Å². The molecule has 0 aromatic heterocycles. The van der Waals surface area contributed by atoms with E-state index in [9.17, 15) is 14.4 Å². The van der Waals surface area contributed by atoms with Crippen molar-refractivity contribution < 1.29 is 38.8 Å². The third kappa shape index (κ3) is 7.60. The maximum Gasteiger partial charge on any atom is 0.410 e. The first-order chi connectivity index (χ1) is 11.1. The number of hydrogen-bond acceptors (Lipinski definition) is 6. The molecular weight excluding hydrogens is 322 g/mol. The van der Waals surface area contributed by atoms with E-state index in [-0.39, 0.29) is 39.1 Å². The standard InChI is InChI=1S/C15H25NO8/c1-15(2,3)24-14(21)16-8-10(22-6-4-12(17)18)11(9-16)23-7-5-13(19)20/h10-11H,4-9H2,1-3H3,(H,17,18)(H,19,20)/t10-,11+. The van der Waals surface area contributed by atoms with E-state index in [1.807, 2.05) is 0 Å². The topological polar surface area (TPSA) is 123 Å². The molecule has 24 heavy (non-hydrogen) atoms. The van der Waals surface area contributed by atoms with Gasteiger partial charge in [-0.25, -0.2) is 4.79 Å². The minimum atomic E-state index is -0.986. The van der Waals surface area contributed by atoms with E-state index in [0.717, 1.165) is 0 Å². The number of carboxylic acids is 2. The van der Waals surface area contributed by atoms with Crippen LogP contribution < -0.4 is 0 Å². The minimum absolute atomic E-state index is 0.0129. The highest BCUT2D eigenvalue weighted by molar-refractivity contribution is 5.69. The van der Waals surface area contributed by atoms with Gasteiger partial charge >= 0.3 is 18.0 Å². The van der Waals surface area contributed by atoms with Gasteiger partial charge < -0.3 is 29.3 Å². The fourth-order valence-corrected chi connectivity index (χ4v) is 2.13. The SMILES string of the molecule is CC(C)(C)OC(=O)N1C[C@H](OCCC(=O)O)[C@H](OCCC(=O)O)C1. The molecule has 0 saturated carbocycles. The molecule has 0 unspecified atom stereocenters. The van der Waals surface area contributed by atoms with Crippen LogP contribution >= 0.6 is 0 Å². The Kier molecular flexibility index (Phi) is 7.43. The second-order valence-corrected chi connectivity index (χ2v) is 6.49. The van der Waals surface area contributed by atoms with Crippen molar-refractivity contribution in [2.24, 2.45) is 0 Å². The van der Waals surface area contributed by atoms with E-state index in [2.05, 4.69) is 0 Å². The fourth-order valence-electron chi connectivity index (χ4n) is 2.13. The Morgan fingerprint density at radius 1 is 0.958 bits per heavy atom. The number of likely N-dealkylation sites (tertiary alicyclic amines) is 1. The zero-order chi connectivity index (χ0) is 18.3. The number of rotatable bonds is 8. The van der Waals surface area contributed by atoms with E-state index in [4.69, 9.17) is 24.4 Å². The summed E-state index contributed by atoms with van der Waals surface area (Å²) in [5.41, 5.74) is -0.640. The molecule has 1 heterocycles. The van der Waals surface area contributed by atoms with Gasteiger partial charge in [0.1, 0.15) is 17.8 Å². The van der Waals surface area contributed by atoms with Crippen molar-refractivity contribution in [2.75, 3.05) is 26.3 Å². The first kappa shape index (κ1) is 20.2. The van der Waals surface area contributed by atoms with Crippen LogP contribution in [0.5, 0.6) is 0 Å². The number of hydrogen-bond donors (Lipinski definition) is 2. The molecule has 0 aromatic carbocycles. The molecule has 0 spiro atoms. The van der Waals surface area contributed by atoms with Crippen molar-refractivity contribution in [2.45, 2.75) is 51.4 Å². The van der Waals surface area contributed by atoms with Gasteiger partial charge in [-0.15, -0.1) is 0 Å². The van der Waals surface area contributed by atoms with Crippen LogP contribution in [0.25, 0.3) is 0 Å². The Labute approximate surface area is 140 Å². The second-order valence-electron chi connectivity index (χ2n) is 6.49. The van der Waals surface area contributed by atoms with Gasteiger partial charge in [0, 0.05) is 0 Å². The molecule has 138 valence electrons. The summed E-state index contributed by atoms with van der Waals surface area (Å²) in [6.07, 6.45) is -1.88. The smallest absolute Gasteiger partial charge is 0.410 e. The Morgan fingerprint density at radius 2 is 1.38 bits per heavy atom. The average Bonchev–Trinajstić information content (AvgIpc) is 2.79. The molecule has 1 rings (SSSR count). The lowest BCUT2D eigenvalue weighted by Crippen LogP contribution is -2.36. The van der Waals surface area contributed by atoms with Crippen LogP contribution in [0.4, 0.5) is 4.79 Å². The van der Waals surface area contributed by atoms with Gasteiger partial charge in [0.25, 0.3) is 0 Å². The van der Waals surface area contributed by atoms with Crippen molar-refractivity contribution in [1.29, 1.82) is 0 Å². The predicted molar refractivity (Wildman–Crippen MR) is 81.8 cm³/mol. The summed E-state index contributed by atoms with van der Waals surface area (Å²) in [6, 6.07) is 0. The van der Waals surface area contributed by atoms with Crippen LogP contribution in [0.2, 0.25) is 0 Å². The molecule has 9 heteroatoms. The summed E-state index contributed by atoms with van der Waals surface area (Å²) in [4.78, 5) is 34.7. The summed E-state index contributed by atoms with van der Waals surface area (Å²) in [6.45, 7) is 5.63. The van der Waals surface area contributed by atoms with Gasteiger partial charge in [-0.1, -0.05) is 0 Å². The molecule has 1 amide bonds. The maximum atomic E-state index is 12.1. The number of nitrogens with zero attached hydrogens (tertiary/aromatic N) is 1. The van der Waals surface area contributed by atoms with Gasteiger partial charge in [-0.05, 0) is 20.8 Å². The van der Waals surface area contributed by atoms with Crippen LogP contribution in [0.1, 0.15) is 33.6 Å². The van der Waals surface area contributed by atoms with Gasteiger partial charge in [0.2, 0.25) is 0 Å². The number of ether oxygens (including phenoxy) is 3. The van der Waals surface area contributed by atoms with E-state index in [1.165, 1.54) is 4.90 Å². The van der Waals surface area contributed by atoms with Crippen LogP contribution in [0.15, 0.2) is 0 Å².